The van der Waals surface area contributed by atoms with Crippen molar-refractivity contribution in [3.8, 4) is 0 Å². The summed E-state index contributed by atoms with van der Waals surface area (Å²) in [5, 5.41) is 0. The largest absolute Gasteiger partial charge is 0.364 e. The van der Waals surface area contributed by atoms with Crippen LogP contribution in [-0.4, -0.2) is 10.9 Å². The molecule has 0 spiro atoms. The minimum absolute atomic E-state index is 0.106. The van der Waals surface area contributed by atoms with Gasteiger partial charge in [0.05, 0.1) is 5.69 Å². The van der Waals surface area contributed by atoms with Crippen molar-refractivity contribution in [3.05, 3.63) is 33.2 Å². The van der Waals surface area contributed by atoms with Gasteiger partial charge in [-0.05, 0) is 6.92 Å². The van der Waals surface area contributed by atoms with Crippen LogP contribution in [0.15, 0.2) is 10.9 Å². The Hall–Kier alpha value is -1.72. The Labute approximate surface area is 77.7 Å². The highest BCUT2D eigenvalue weighted by atomic mass is 19.3. The fraction of sp³-hybridized carbons (Fsp3) is 0.250. The molecule has 1 aromatic heterocycles. The Morgan fingerprint density at radius 2 is 2.14 bits per heavy atom. The van der Waals surface area contributed by atoms with Gasteiger partial charge in [0.1, 0.15) is 5.69 Å². The predicted octanol–water partition coefficient (Wildman–Crippen LogP) is 0.720. The topological polar surface area (TPSA) is 76.0 Å². The number of aromatic amines is 1. The minimum Gasteiger partial charge on any atom is -0.364 e. The lowest BCUT2D eigenvalue weighted by Gasteiger charge is -2.05. The van der Waals surface area contributed by atoms with Crippen molar-refractivity contribution < 1.29 is 13.6 Å². The molecule has 1 rings (SSSR count). The minimum atomic E-state index is -2.83. The zero-order valence-corrected chi connectivity index (χ0v) is 7.30. The van der Waals surface area contributed by atoms with Crippen LogP contribution < -0.4 is 11.2 Å². The number of nitrogens with two attached hydrogens (primary N) is 1. The molecule has 0 aliphatic carbocycles. The molecule has 0 saturated heterocycles. The van der Waals surface area contributed by atoms with Gasteiger partial charge in [0.2, 0.25) is 0 Å². The van der Waals surface area contributed by atoms with Crippen molar-refractivity contribution >= 4 is 5.91 Å². The summed E-state index contributed by atoms with van der Waals surface area (Å²) in [5.74, 6) is -0.941. The number of amides is 1. The van der Waals surface area contributed by atoms with E-state index in [4.69, 9.17) is 5.73 Å². The van der Waals surface area contributed by atoms with E-state index in [1.54, 1.807) is 0 Å². The summed E-state index contributed by atoms with van der Waals surface area (Å²) >= 11 is 0. The van der Waals surface area contributed by atoms with Gasteiger partial charge in [-0.1, -0.05) is 0 Å². The summed E-state index contributed by atoms with van der Waals surface area (Å²) in [7, 11) is 0. The molecular formula is C8H8F2N2O2. The van der Waals surface area contributed by atoms with Crippen molar-refractivity contribution in [2.24, 2.45) is 5.73 Å². The molecule has 14 heavy (non-hydrogen) atoms. The maximum atomic E-state index is 12.3. The van der Waals surface area contributed by atoms with Crippen molar-refractivity contribution in [1.82, 2.24) is 4.98 Å². The number of rotatable bonds is 2. The molecule has 0 radical (unpaired) electrons. The molecule has 0 saturated carbocycles. The van der Waals surface area contributed by atoms with Gasteiger partial charge in [0, 0.05) is 11.6 Å². The lowest BCUT2D eigenvalue weighted by molar-refractivity contribution is 0.0993. The third kappa shape index (κ3) is 1.78. The second kappa shape index (κ2) is 3.57. The van der Waals surface area contributed by atoms with Gasteiger partial charge in [-0.3, -0.25) is 9.59 Å². The normalized spacial score (nSPS) is 10.6. The van der Waals surface area contributed by atoms with Crippen molar-refractivity contribution in [2.75, 3.05) is 0 Å². The molecule has 1 amide bonds. The quantitative estimate of drug-likeness (QED) is 0.741. The second-order valence-corrected chi connectivity index (χ2v) is 2.75. The van der Waals surface area contributed by atoms with Crippen LogP contribution >= 0.6 is 0 Å². The highest BCUT2D eigenvalue weighted by Gasteiger charge is 2.16. The zero-order chi connectivity index (χ0) is 10.9. The number of H-pyrrole nitrogens is 1. The molecule has 0 bridgehead atoms. The molecule has 0 fully saturated rings. The molecule has 1 heterocycles. The molecule has 4 nitrogen and oxygen atoms in total. The SMILES string of the molecule is Cc1c(C(F)F)[nH]c(C(N)=O)cc1=O. The standard InChI is InChI=1S/C8H8F2N2O2/c1-3-5(13)2-4(8(11)14)12-6(3)7(9)10/h2,7H,1H3,(H2,11,14)(H,12,13). The van der Waals surface area contributed by atoms with Crippen molar-refractivity contribution in [3.63, 3.8) is 0 Å². The first-order chi connectivity index (χ1) is 6.43. The van der Waals surface area contributed by atoms with Gasteiger partial charge in [0.25, 0.3) is 12.3 Å². The molecule has 0 aromatic carbocycles. The first-order valence-electron chi connectivity index (χ1n) is 3.75. The van der Waals surface area contributed by atoms with Crippen LogP contribution in [0.4, 0.5) is 8.78 Å². The maximum absolute atomic E-state index is 12.3. The number of carbonyl (C=O) groups excluding carboxylic acids is 1. The summed E-state index contributed by atoms with van der Waals surface area (Å²) in [5.41, 5.74) is 3.24. The number of pyridine rings is 1. The smallest absolute Gasteiger partial charge is 0.278 e. The number of aromatic nitrogens is 1. The average molecular weight is 202 g/mol. The third-order valence-corrected chi connectivity index (χ3v) is 1.80. The van der Waals surface area contributed by atoms with Crippen LogP contribution in [0.5, 0.6) is 0 Å². The van der Waals surface area contributed by atoms with Crippen LogP contribution in [0, 0.1) is 6.92 Å². The molecule has 1 aromatic rings. The summed E-state index contributed by atoms with van der Waals surface area (Å²) in [6.07, 6.45) is -2.83. The Bertz CT molecular complexity index is 426. The van der Waals surface area contributed by atoms with E-state index >= 15 is 0 Å². The van der Waals surface area contributed by atoms with Crippen LogP contribution in [-0.2, 0) is 0 Å². The highest BCUT2D eigenvalue weighted by molar-refractivity contribution is 5.90. The van der Waals surface area contributed by atoms with Gasteiger partial charge in [-0.25, -0.2) is 8.78 Å². The first-order valence-corrected chi connectivity index (χ1v) is 3.75. The molecule has 0 aliphatic heterocycles. The average Bonchev–Trinajstić information content (AvgIpc) is 2.08. The van der Waals surface area contributed by atoms with Crippen molar-refractivity contribution in [1.29, 1.82) is 0 Å². The Morgan fingerprint density at radius 3 is 2.57 bits per heavy atom. The fourth-order valence-electron chi connectivity index (χ4n) is 0.998. The molecule has 76 valence electrons. The molecule has 0 atom stereocenters. The van der Waals surface area contributed by atoms with Gasteiger partial charge in [-0.2, -0.15) is 0 Å². The van der Waals surface area contributed by atoms with E-state index in [-0.39, 0.29) is 11.3 Å². The van der Waals surface area contributed by atoms with E-state index in [0.717, 1.165) is 6.07 Å². The Kier molecular flexibility index (Phi) is 2.64. The summed E-state index contributed by atoms with van der Waals surface area (Å²) < 4.78 is 24.7. The number of halogens is 2. The van der Waals surface area contributed by atoms with Gasteiger partial charge < -0.3 is 10.7 Å². The van der Waals surface area contributed by atoms with E-state index in [1.807, 2.05) is 0 Å². The molecule has 0 unspecified atom stereocenters. The molecule has 3 N–H and O–H groups in total. The van der Waals surface area contributed by atoms with Crippen molar-refractivity contribution in [2.45, 2.75) is 13.3 Å². The fourth-order valence-corrected chi connectivity index (χ4v) is 0.998. The Balaban J connectivity index is 3.43. The van der Waals surface area contributed by atoms with E-state index < -0.39 is 23.5 Å². The lowest BCUT2D eigenvalue weighted by Crippen LogP contribution is -2.20. The molecule has 0 aliphatic rings. The summed E-state index contributed by atoms with van der Waals surface area (Å²) in [6, 6.07) is 0.906. The van der Waals surface area contributed by atoms with E-state index in [2.05, 4.69) is 4.98 Å². The van der Waals surface area contributed by atoms with Crippen LogP contribution in [0.2, 0.25) is 0 Å². The predicted molar refractivity (Wildman–Crippen MR) is 45.3 cm³/mol. The van der Waals surface area contributed by atoms with Gasteiger partial charge >= 0.3 is 0 Å². The van der Waals surface area contributed by atoms with Gasteiger partial charge in [0.15, 0.2) is 5.43 Å². The third-order valence-electron chi connectivity index (χ3n) is 1.80. The number of nitrogens with one attached hydrogen (secondary N) is 1. The number of carbonyl (C=O) groups is 1. The van der Waals surface area contributed by atoms with Crippen LogP contribution in [0.1, 0.15) is 28.2 Å². The summed E-state index contributed by atoms with van der Waals surface area (Å²) in [4.78, 5) is 23.9. The Morgan fingerprint density at radius 1 is 1.57 bits per heavy atom. The lowest BCUT2D eigenvalue weighted by atomic mass is 10.2. The second-order valence-electron chi connectivity index (χ2n) is 2.75. The number of alkyl halides is 2. The number of hydrogen-bond acceptors (Lipinski definition) is 2. The molecule has 6 heteroatoms. The maximum Gasteiger partial charge on any atom is 0.278 e. The van der Waals surface area contributed by atoms with E-state index in [9.17, 15) is 18.4 Å². The number of hydrogen-bond donors (Lipinski definition) is 2. The highest BCUT2D eigenvalue weighted by Crippen LogP contribution is 2.17. The zero-order valence-electron chi connectivity index (χ0n) is 7.30. The van der Waals surface area contributed by atoms with Crippen LogP contribution in [0.25, 0.3) is 0 Å². The monoisotopic (exact) mass is 202 g/mol. The van der Waals surface area contributed by atoms with E-state index in [0.29, 0.717) is 0 Å². The number of primary amides is 1. The van der Waals surface area contributed by atoms with E-state index in [1.165, 1.54) is 6.92 Å². The summed E-state index contributed by atoms with van der Waals surface area (Å²) in [6.45, 7) is 1.26. The molecular weight excluding hydrogens is 194 g/mol. The van der Waals surface area contributed by atoms with Gasteiger partial charge in [-0.15, -0.1) is 0 Å². The van der Waals surface area contributed by atoms with Crippen LogP contribution in [0.3, 0.4) is 0 Å². The first kappa shape index (κ1) is 10.4.